The maximum Gasteiger partial charge on any atom is 0.339 e. The number of aliphatic hydroxyl groups is 1. The Morgan fingerprint density at radius 2 is 2.26 bits per heavy atom. The van der Waals surface area contributed by atoms with Crippen LogP contribution in [0.2, 0.25) is 0 Å². The van der Waals surface area contributed by atoms with E-state index in [1.54, 1.807) is 13.0 Å². The topological polar surface area (TPSA) is 99.0 Å². The highest BCUT2D eigenvalue weighted by molar-refractivity contribution is 5.92. The quantitative estimate of drug-likeness (QED) is 0.611. The zero-order valence-electron chi connectivity index (χ0n) is 10.6. The molecular formula is C13H17NO5. The Hall–Kier alpha value is -1.79. The fourth-order valence-corrected chi connectivity index (χ4v) is 2.03. The normalized spacial score (nSPS) is 26.9. The predicted molar refractivity (Wildman–Crippen MR) is 68.5 cm³/mol. The van der Waals surface area contributed by atoms with Gasteiger partial charge in [-0.05, 0) is 25.1 Å². The number of benzene rings is 1. The van der Waals surface area contributed by atoms with Crippen LogP contribution in [0.15, 0.2) is 18.2 Å². The Kier molecular flexibility index (Phi) is 3.64. The Morgan fingerprint density at radius 1 is 1.53 bits per heavy atom. The van der Waals surface area contributed by atoms with Gasteiger partial charge in [0.15, 0.2) is 0 Å². The van der Waals surface area contributed by atoms with Crippen LogP contribution in [0.1, 0.15) is 23.7 Å². The van der Waals surface area contributed by atoms with Crippen molar-refractivity contribution in [3.63, 3.8) is 0 Å². The average molecular weight is 267 g/mol. The minimum atomic E-state index is -1.20. The molecule has 1 aromatic rings. The SMILES string of the molecule is CC1(O)CCOCC1Nc1ccc(O)c(C(=O)O)c1. The highest BCUT2D eigenvalue weighted by Crippen LogP contribution is 2.26. The predicted octanol–water partition coefficient (Wildman–Crippen LogP) is 1.04. The molecule has 0 radical (unpaired) electrons. The van der Waals surface area contributed by atoms with E-state index in [1.807, 2.05) is 0 Å². The standard InChI is InChI=1S/C13H17NO5/c1-13(18)4-5-19-7-11(13)14-8-2-3-10(15)9(6-8)12(16)17/h2-3,6,11,14-15,18H,4-5,7H2,1H3,(H,16,17). The number of hydrogen-bond donors (Lipinski definition) is 4. The lowest BCUT2D eigenvalue weighted by Crippen LogP contribution is -2.51. The van der Waals surface area contributed by atoms with Crippen LogP contribution in [-0.4, -0.2) is 46.1 Å². The average Bonchev–Trinajstić information content (AvgIpc) is 2.33. The lowest BCUT2D eigenvalue weighted by Gasteiger charge is -2.37. The summed E-state index contributed by atoms with van der Waals surface area (Å²) < 4.78 is 5.30. The molecule has 1 aromatic carbocycles. The van der Waals surface area contributed by atoms with E-state index in [0.717, 1.165) is 0 Å². The second-order valence-electron chi connectivity index (χ2n) is 4.92. The molecule has 0 aromatic heterocycles. The van der Waals surface area contributed by atoms with Crippen LogP contribution in [0.4, 0.5) is 5.69 Å². The molecule has 1 aliphatic heterocycles. The largest absolute Gasteiger partial charge is 0.507 e. The first kappa shape index (κ1) is 13.6. The number of anilines is 1. The first-order valence-electron chi connectivity index (χ1n) is 6.03. The summed E-state index contributed by atoms with van der Waals surface area (Å²) in [6.45, 7) is 2.56. The molecule has 0 bridgehead atoms. The first-order valence-corrected chi connectivity index (χ1v) is 6.03. The molecule has 0 spiro atoms. The maximum atomic E-state index is 10.9. The minimum Gasteiger partial charge on any atom is -0.507 e. The van der Waals surface area contributed by atoms with Crippen LogP contribution in [0.25, 0.3) is 0 Å². The van der Waals surface area contributed by atoms with E-state index in [2.05, 4.69) is 5.32 Å². The highest BCUT2D eigenvalue weighted by atomic mass is 16.5. The van der Waals surface area contributed by atoms with E-state index in [9.17, 15) is 15.0 Å². The number of carboxylic acid groups (broad SMARTS) is 1. The van der Waals surface area contributed by atoms with Gasteiger partial charge in [-0.2, -0.15) is 0 Å². The van der Waals surface area contributed by atoms with E-state index in [1.165, 1.54) is 12.1 Å². The van der Waals surface area contributed by atoms with Gasteiger partial charge in [0.05, 0.1) is 18.2 Å². The van der Waals surface area contributed by atoms with Gasteiger partial charge in [0.25, 0.3) is 0 Å². The number of nitrogens with one attached hydrogen (secondary N) is 1. The summed E-state index contributed by atoms with van der Waals surface area (Å²) in [7, 11) is 0. The third kappa shape index (κ3) is 2.97. The Labute approximate surface area is 110 Å². The van der Waals surface area contributed by atoms with E-state index < -0.39 is 11.6 Å². The number of phenols is 1. The zero-order chi connectivity index (χ0) is 14.0. The fourth-order valence-electron chi connectivity index (χ4n) is 2.03. The van der Waals surface area contributed by atoms with Crippen molar-refractivity contribution >= 4 is 11.7 Å². The van der Waals surface area contributed by atoms with Gasteiger partial charge in [-0.3, -0.25) is 0 Å². The summed E-state index contributed by atoms with van der Waals surface area (Å²) >= 11 is 0. The number of aromatic hydroxyl groups is 1. The molecular weight excluding hydrogens is 250 g/mol. The number of rotatable bonds is 3. The lowest BCUT2D eigenvalue weighted by molar-refractivity contribution is -0.0614. The van der Waals surface area contributed by atoms with Crippen molar-refractivity contribution in [2.75, 3.05) is 18.5 Å². The monoisotopic (exact) mass is 267 g/mol. The molecule has 1 heterocycles. The molecule has 0 aliphatic carbocycles. The molecule has 1 aliphatic rings. The highest BCUT2D eigenvalue weighted by Gasteiger charge is 2.35. The van der Waals surface area contributed by atoms with Crippen molar-refractivity contribution < 1.29 is 24.9 Å². The van der Waals surface area contributed by atoms with Gasteiger partial charge >= 0.3 is 5.97 Å². The van der Waals surface area contributed by atoms with Crippen LogP contribution < -0.4 is 5.32 Å². The van der Waals surface area contributed by atoms with Gasteiger partial charge in [0, 0.05) is 18.7 Å². The fraction of sp³-hybridized carbons (Fsp3) is 0.462. The maximum absolute atomic E-state index is 10.9. The Morgan fingerprint density at radius 3 is 2.89 bits per heavy atom. The van der Waals surface area contributed by atoms with Crippen molar-refractivity contribution in [3.05, 3.63) is 23.8 Å². The van der Waals surface area contributed by atoms with Gasteiger partial charge in [0.1, 0.15) is 11.3 Å². The molecule has 0 amide bonds. The van der Waals surface area contributed by atoms with Gasteiger partial charge in [-0.15, -0.1) is 0 Å². The van der Waals surface area contributed by atoms with Gasteiger partial charge in [0.2, 0.25) is 0 Å². The second kappa shape index (κ2) is 5.07. The molecule has 2 atom stereocenters. The molecule has 104 valence electrons. The molecule has 19 heavy (non-hydrogen) atoms. The molecule has 1 fully saturated rings. The van der Waals surface area contributed by atoms with Crippen LogP contribution in [-0.2, 0) is 4.74 Å². The molecule has 1 saturated heterocycles. The van der Waals surface area contributed by atoms with Crippen molar-refractivity contribution in [1.82, 2.24) is 0 Å². The third-order valence-corrected chi connectivity index (χ3v) is 3.36. The van der Waals surface area contributed by atoms with Crippen molar-refractivity contribution in [2.24, 2.45) is 0 Å². The van der Waals surface area contributed by atoms with Crippen molar-refractivity contribution in [1.29, 1.82) is 0 Å². The smallest absolute Gasteiger partial charge is 0.339 e. The first-order chi connectivity index (χ1) is 8.90. The molecule has 0 saturated carbocycles. The number of hydrogen-bond acceptors (Lipinski definition) is 5. The van der Waals surface area contributed by atoms with Crippen LogP contribution >= 0.6 is 0 Å². The van der Waals surface area contributed by atoms with Crippen molar-refractivity contribution in [2.45, 2.75) is 25.0 Å². The summed E-state index contributed by atoms with van der Waals surface area (Å²) in [6.07, 6.45) is 0.508. The van der Waals surface area contributed by atoms with Gasteiger partial charge in [-0.1, -0.05) is 0 Å². The summed E-state index contributed by atoms with van der Waals surface area (Å²) in [6, 6.07) is 3.88. The zero-order valence-corrected chi connectivity index (χ0v) is 10.6. The van der Waals surface area contributed by atoms with Gasteiger partial charge < -0.3 is 25.4 Å². The molecule has 6 nitrogen and oxygen atoms in total. The lowest BCUT2D eigenvalue weighted by atomic mass is 9.91. The van der Waals surface area contributed by atoms with E-state index in [-0.39, 0.29) is 17.4 Å². The molecule has 2 rings (SSSR count). The van der Waals surface area contributed by atoms with Crippen LogP contribution in [0.5, 0.6) is 5.75 Å². The summed E-state index contributed by atoms with van der Waals surface area (Å²) in [5.74, 6) is -1.49. The van der Waals surface area contributed by atoms with Gasteiger partial charge in [-0.25, -0.2) is 4.79 Å². The number of ether oxygens (including phenoxy) is 1. The molecule has 2 unspecified atom stereocenters. The second-order valence-corrected chi connectivity index (χ2v) is 4.92. The summed E-state index contributed by atoms with van der Waals surface area (Å²) in [5.41, 5.74) is -0.577. The van der Waals surface area contributed by atoms with E-state index in [0.29, 0.717) is 25.3 Å². The minimum absolute atomic E-state index is 0.179. The van der Waals surface area contributed by atoms with Crippen LogP contribution in [0.3, 0.4) is 0 Å². The van der Waals surface area contributed by atoms with E-state index in [4.69, 9.17) is 9.84 Å². The third-order valence-electron chi connectivity index (χ3n) is 3.36. The Balaban J connectivity index is 2.19. The number of carbonyl (C=O) groups is 1. The van der Waals surface area contributed by atoms with E-state index >= 15 is 0 Å². The van der Waals surface area contributed by atoms with Crippen LogP contribution in [0, 0.1) is 0 Å². The summed E-state index contributed by atoms with van der Waals surface area (Å²) in [5, 5.41) is 31.6. The van der Waals surface area contributed by atoms with Crippen molar-refractivity contribution in [3.8, 4) is 5.75 Å². The Bertz CT molecular complexity index is 486. The molecule has 4 N–H and O–H groups in total. The number of aromatic carboxylic acids is 1. The number of carboxylic acids is 1. The summed E-state index contributed by atoms with van der Waals surface area (Å²) in [4.78, 5) is 10.9. The molecule has 6 heteroatoms.